The number of aliphatic imine (C=N–C) groups is 1. The van der Waals surface area contributed by atoms with E-state index in [0.29, 0.717) is 0 Å². The number of carbonyl (C=O) groups excluding carboxylic acids is 2. The summed E-state index contributed by atoms with van der Waals surface area (Å²) in [6.07, 6.45) is -0.628. The minimum atomic E-state index is -0.452. The van der Waals surface area contributed by atoms with E-state index in [9.17, 15) is 9.59 Å². The predicted molar refractivity (Wildman–Crippen MR) is 61.1 cm³/mol. The Morgan fingerprint density at radius 3 is 2.67 bits per heavy atom. The van der Waals surface area contributed by atoms with Gasteiger partial charge in [0.15, 0.2) is 6.17 Å². The minimum absolute atomic E-state index is 0.125. The second-order valence-corrected chi connectivity index (χ2v) is 3.87. The summed E-state index contributed by atoms with van der Waals surface area (Å²) in [5, 5.41) is 8.83. The van der Waals surface area contributed by atoms with Crippen LogP contribution >= 0.6 is 0 Å². The van der Waals surface area contributed by atoms with Crippen molar-refractivity contribution in [3.63, 3.8) is 0 Å². The van der Waals surface area contributed by atoms with Gasteiger partial charge in [0, 0.05) is 5.56 Å². The fraction of sp³-hybridized carbons (Fsp3) is 0.182. The van der Waals surface area contributed by atoms with Gasteiger partial charge in [0.1, 0.15) is 6.42 Å². The highest BCUT2D eigenvalue weighted by Crippen LogP contribution is 2.24. The minimum Gasteiger partial charge on any atom is -0.273 e. The lowest BCUT2D eigenvalue weighted by Crippen LogP contribution is -2.39. The number of guanidine groups is 1. The number of hydrazine groups is 1. The van der Waals surface area contributed by atoms with Crippen LogP contribution in [0, 0.1) is 0 Å². The predicted octanol–water partition coefficient (Wildman–Crippen LogP) is 0.770. The van der Waals surface area contributed by atoms with Crippen LogP contribution in [0.5, 0.6) is 0 Å². The fourth-order valence-corrected chi connectivity index (χ4v) is 1.74. The molecule has 1 fully saturated rings. The van der Waals surface area contributed by atoms with E-state index in [1.54, 1.807) is 0 Å². The first-order chi connectivity index (χ1) is 8.74. The third-order valence-corrected chi connectivity index (χ3v) is 2.59. The number of azo groups is 1. The molecule has 0 radical (unpaired) electrons. The Hall–Kier alpha value is -2.57. The molecule has 3 rings (SSSR count). The summed E-state index contributed by atoms with van der Waals surface area (Å²) < 4.78 is 0. The Balaban J connectivity index is 1.83. The van der Waals surface area contributed by atoms with E-state index in [4.69, 9.17) is 0 Å². The molecule has 1 aromatic carbocycles. The summed E-state index contributed by atoms with van der Waals surface area (Å²) in [4.78, 5) is 26.7. The summed E-state index contributed by atoms with van der Waals surface area (Å²) >= 11 is 0. The number of nitrogens with one attached hydrogen (secondary N) is 1. The molecule has 0 aliphatic carbocycles. The number of rotatable bonds is 1. The zero-order valence-electron chi connectivity index (χ0n) is 9.28. The topological polar surface area (TPSA) is 86.5 Å². The van der Waals surface area contributed by atoms with Gasteiger partial charge in [-0.1, -0.05) is 30.3 Å². The van der Waals surface area contributed by atoms with Crippen molar-refractivity contribution < 1.29 is 9.59 Å². The first-order valence-corrected chi connectivity index (χ1v) is 5.40. The maximum atomic E-state index is 11.5. The molecule has 2 aliphatic rings. The zero-order chi connectivity index (χ0) is 12.5. The lowest BCUT2D eigenvalue weighted by atomic mass is 10.2. The van der Waals surface area contributed by atoms with Gasteiger partial charge in [0.2, 0.25) is 5.91 Å². The van der Waals surface area contributed by atoms with Crippen molar-refractivity contribution in [2.24, 2.45) is 15.2 Å². The van der Waals surface area contributed by atoms with Crippen molar-refractivity contribution in [2.45, 2.75) is 12.6 Å². The molecule has 1 N–H and O–H groups in total. The van der Waals surface area contributed by atoms with Crippen LogP contribution in [0.25, 0.3) is 0 Å². The Bertz CT molecular complexity index is 566. The van der Waals surface area contributed by atoms with Crippen molar-refractivity contribution in [1.82, 2.24) is 10.4 Å². The highest BCUT2D eigenvalue weighted by atomic mass is 16.2. The lowest BCUT2D eigenvalue weighted by molar-refractivity contribution is -0.125. The number of benzene rings is 1. The van der Waals surface area contributed by atoms with E-state index in [1.165, 1.54) is 0 Å². The van der Waals surface area contributed by atoms with Gasteiger partial charge in [-0.25, -0.2) is 4.99 Å². The van der Waals surface area contributed by atoms with Crippen LogP contribution in [0.2, 0.25) is 0 Å². The quantitative estimate of drug-likeness (QED) is 0.738. The van der Waals surface area contributed by atoms with Crippen LogP contribution in [0.15, 0.2) is 45.6 Å². The standard InChI is InChI=1S/C11H9N5O2/c17-8-6-9(18)16(15-8)11-12-10(13-14-11)7-4-2-1-3-5-7/h1-5,10H,6H2,(H,15,17). The average molecular weight is 243 g/mol. The monoisotopic (exact) mass is 243 g/mol. The van der Waals surface area contributed by atoms with Gasteiger partial charge in [-0.3, -0.25) is 15.0 Å². The van der Waals surface area contributed by atoms with E-state index in [1.807, 2.05) is 30.3 Å². The molecule has 18 heavy (non-hydrogen) atoms. The summed E-state index contributed by atoms with van der Waals surface area (Å²) in [6, 6.07) is 9.40. The first kappa shape index (κ1) is 10.6. The molecule has 1 aromatic rings. The van der Waals surface area contributed by atoms with Crippen molar-refractivity contribution in [2.75, 3.05) is 0 Å². The van der Waals surface area contributed by atoms with Gasteiger partial charge in [-0.05, 0) is 0 Å². The fourth-order valence-electron chi connectivity index (χ4n) is 1.74. The van der Waals surface area contributed by atoms with Gasteiger partial charge in [-0.2, -0.15) is 10.1 Å². The largest absolute Gasteiger partial charge is 0.273 e. The Labute approximate surface area is 102 Å². The number of hydrogen-bond donors (Lipinski definition) is 1. The number of nitrogens with zero attached hydrogens (tertiary/aromatic N) is 4. The van der Waals surface area contributed by atoms with Crippen LogP contribution in [0.3, 0.4) is 0 Å². The number of carbonyl (C=O) groups is 2. The third-order valence-electron chi connectivity index (χ3n) is 2.59. The maximum absolute atomic E-state index is 11.5. The molecule has 0 saturated carbocycles. The molecule has 90 valence electrons. The maximum Gasteiger partial charge on any atom is 0.269 e. The van der Waals surface area contributed by atoms with E-state index in [2.05, 4.69) is 20.6 Å². The van der Waals surface area contributed by atoms with Crippen LogP contribution in [-0.2, 0) is 9.59 Å². The first-order valence-electron chi connectivity index (χ1n) is 5.40. The van der Waals surface area contributed by atoms with Gasteiger partial charge in [-0.15, -0.1) is 5.11 Å². The second kappa shape index (κ2) is 4.02. The molecule has 1 atom stereocenters. The molecule has 1 unspecified atom stereocenters. The molecule has 7 nitrogen and oxygen atoms in total. The molecule has 7 heteroatoms. The highest BCUT2D eigenvalue weighted by molar-refractivity contribution is 6.10. The van der Waals surface area contributed by atoms with Gasteiger partial charge in [0.25, 0.3) is 11.9 Å². The summed E-state index contributed by atoms with van der Waals surface area (Å²) in [6.45, 7) is 0. The Morgan fingerprint density at radius 2 is 2.00 bits per heavy atom. The van der Waals surface area contributed by atoms with Crippen molar-refractivity contribution >= 4 is 17.8 Å². The van der Waals surface area contributed by atoms with Crippen LogP contribution in [-0.4, -0.2) is 22.8 Å². The van der Waals surface area contributed by atoms with Crippen LogP contribution < -0.4 is 5.43 Å². The van der Waals surface area contributed by atoms with Crippen molar-refractivity contribution in [1.29, 1.82) is 0 Å². The molecule has 2 amide bonds. The molecule has 2 heterocycles. The average Bonchev–Trinajstić information content (AvgIpc) is 2.97. The summed E-state index contributed by atoms with van der Waals surface area (Å²) in [5.74, 6) is -0.604. The van der Waals surface area contributed by atoms with E-state index >= 15 is 0 Å². The highest BCUT2D eigenvalue weighted by Gasteiger charge is 2.33. The smallest absolute Gasteiger partial charge is 0.269 e. The van der Waals surface area contributed by atoms with E-state index in [0.717, 1.165) is 10.6 Å². The van der Waals surface area contributed by atoms with Crippen molar-refractivity contribution in [3.05, 3.63) is 35.9 Å². The second-order valence-electron chi connectivity index (χ2n) is 3.87. The van der Waals surface area contributed by atoms with Crippen molar-refractivity contribution in [3.8, 4) is 0 Å². The molecule has 0 spiro atoms. The Morgan fingerprint density at radius 1 is 1.22 bits per heavy atom. The summed E-state index contributed by atoms with van der Waals surface area (Å²) in [5.41, 5.74) is 3.26. The third kappa shape index (κ3) is 1.75. The number of amides is 2. The SMILES string of the molecule is O=C1CC(=O)N(C2=NC(c3ccccc3)N=N2)N1. The normalized spacial score (nSPS) is 22.3. The van der Waals surface area contributed by atoms with Crippen LogP contribution in [0.4, 0.5) is 0 Å². The van der Waals surface area contributed by atoms with Crippen LogP contribution in [0.1, 0.15) is 18.2 Å². The molecular weight excluding hydrogens is 234 g/mol. The van der Waals surface area contributed by atoms with E-state index in [-0.39, 0.29) is 24.2 Å². The number of hydrogen-bond acceptors (Lipinski definition) is 5. The van der Waals surface area contributed by atoms with Gasteiger partial charge < -0.3 is 0 Å². The Kier molecular flexibility index (Phi) is 2.36. The van der Waals surface area contributed by atoms with E-state index < -0.39 is 6.17 Å². The zero-order valence-corrected chi connectivity index (χ0v) is 9.28. The molecular formula is C11H9N5O2. The van der Waals surface area contributed by atoms with Gasteiger partial charge in [0.05, 0.1) is 0 Å². The summed E-state index contributed by atoms with van der Waals surface area (Å²) in [7, 11) is 0. The molecule has 1 saturated heterocycles. The molecule has 0 aromatic heterocycles. The molecule has 2 aliphatic heterocycles. The molecule has 0 bridgehead atoms. The van der Waals surface area contributed by atoms with Gasteiger partial charge >= 0.3 is 0 Å². The lowest BCUT2D eigenvalue weighted by Gasteiger charge is -2.10.